The lowest BCUT2D eigenvalue weighted by Crippen LogP contribution is -1.97. The highest BCUT2D eigenvalue weighted by atomic mass is 32.1. The zero-order chi connectivity index (χ0) is 13.3. The third kappa shape index (κ3) is 2.25. The lowest BCUT2D eigenvalue weighted by atomic mass is 10.0. The molecule has 0 radical (unpaired) electrons. The van der Waals surface area contributed by atoms with E-state index in [4.69, 9.17) is 4.74 Å². The van der Waals surface area contributed by atoms with Crippen LogP contribution in [0.1, 0.15) is 16.8 Å². The van der Waals surface area contributed by atoms with E-state index in [0.717, 1.165) is 22.7 Å². The van der Waals surface area contributed by atoms with Crippen LogP contribution in [0, 0.1) is 13.8 Å². The fourth-order valence-corrected chi connectivity index (χ4v) is 2.17. The summed E-state index contributed by atoms with van der Waals surface area (Å²) in [6, 6.07) is 6.27. The molecule has 0 fully saturated rings. The Balaban J connectivity index is 2.61. The molecule has 0 saturated heterocycles. The van der Waals surface area contributed by atoms with Crippen LogP contribution in [-0.2, 0) is 12.8 Å². The highest BCUT2D eigenvalue weighted by Gasteiger charge is 2.13. The van der Waals surface area contributed by atoms with Crippen molar-refractivity contribution in [3.8, 4) is 17.0 Å². The first-order chi connectivity index (χ1) is 8.56. The van der Waals surface area contributed by atoms with Crippen molar-refractivity contribution < 1.29 is 4.74 Å². The van der Waals surface area contributed by atoms with E-state index in [2.05, 4.69) is 49.8 Å². The van der Waals surface area contributed by atoms with Gasteiger partial charge in [0.25, 0.3) is 0 Å². The van der Waals surface area contributed by atoms with E-state index in [1.807, 2.05) is 11.7 Å². The van der Waals surface area contributed by atoms with Crippen molar-refractivity contribution in [2.24, 2.45) is 7.05 Å². The Labute approximate surface area is 113 Å². The Morgan fingerprint density at radius 3 is 2.44 bits per heavy atom. The van der Waals surface area contributed by atoms with Crippen LogP contribution in [0.2, 0.25) is 0 Å². The van der Waals surface area contributed by atoms with Crippen molar-refractivity contribution in [2.75, 3.05) is 7.11 Å². The zero-order valence-electron chi connectivity index (χ0n) is 11.2. The zero-order valence-corrected chi connectivity index (χ0v) is 12.1. The van der Waals surface area contributed by atoms with Gasteiger partial charge in [-0.1, -0.05) is 0 Å². The third-order valence-electron chi connectivity index (χ3n) is 3.18. The summed E-state index contributed by atoms with van der Waals surface area (Å²) in [5.74, 6) is 1.52. The normalized spacial score (nSPS) is 10.7. The monoisotopic (exact) mass is 262 g/mol. The van der Waals surface area contributed by atoms with Crippen LogP contribution in [-0.4, -0.2) is 16.9 Å². The van der Waals surface area contributed by atoms with Gasteiger partial charge in [0.1, 0.15) is 5.75 Å². The number of rotatable bonds is 3. The first-order valence-electron chi connectivity index (χ1n) is 5.86. The van der Waals surface area contributed by atoms with Gasteiger partial charge in [-0.15, -0.1) is 0 Å². The van der Waals surface area contributed by atoms with Crippen LogP contribution >= 0.6 is 12.6 Å². The van der Waals surface area contributed by atoms with Crippen LogP contribution in [0.5, 0.6) is 5.75 Å². The fraction of sp³-hybridized carbons (Fsp3) is 0.357. The van der Waals surface area contributed by atoms with Gasteiger partial charge >= 0.3 is 0 Å². The average molecular weight is 262 g/mol. The molecule has 0 saturated carbocycles. The molecule has 0 unspecified atom stereocenters. The Bertz CT molecular complexity index is 575. The SMILES string of the molecule is COc1cc(C)c(C)cc1-c1cc(CS)nn1C. The summed E-state index contributed by atoms with van der Waals surface area (Å²) in [6.07, 6.45) is 0. The van der Waals surface area contributed by atoms with E-state index < -0.39 is 0 Å². The van der Waals surface area contributed by atoms with Crippen molar-refractivity contribution in [1.82, 2.24) is 9.78 Å². The molecule has 1 heterocycles. The van der Waals surface area contributed by atoms with Gasteiger partial charge in [-0.25, -0.2) is 0 Å². The molecule has 3 nitrogen and oxygen atoms in total. The van der Waals surface area contributed by atoms with Gasteiger partial charge in [-0.3, -0.25) is 4.68 Å². The topological polar surface area (TPSA) is 27.1 Å². The smallest absolute Gasteiger partial charge is 0.128 e. The van der Waals surface area contributed by atoms with Gasteiger partial charge in [0.15, 0.2) is 0 Å². The number of hydrogen-bond acceptors (Lipinski definition) is 3. The molecule has 18 heavy (non-hydrogen) atoms. The summed E-state index contributed by atoms with van der Waals surface area (Å²) >= 11 is 4.26. The molecule has 96 valence electrons. The number of nitrogens with zero attached hydrogens (tertiary/aromatic N) is 2. The van der Waals surface area contributed by atoms with Gasteiger partial charge in [0.05, 0.1) is 18.5 Å². The predicted molar refractivity (Wildman–Crippen MR) is 77.4 cm³/mol. The number of aromatic nitrogens is 2. The molecule has 0 aliphatic heterocycles. The van der Waals surface area contributed by atoms with Gasteiger partial charge in [-0.05, 0) is 43.2 Å². The molecule has 0 spiro atoms. The minimum Gasteiger partial charge on any atom is -0.496 e. The Kier molecular flexibility index (Phi) is 3.66. The maximum atomic E-state index is 5.47. The van der Waals surface area contributed by atoms with Crippen LogP contribution in [0.25, 0.3) is 11.3 Å². The highest BCUT2D eigenvalue weighted by molar-refractivity contribution is 7.79. The number of methoxy groups -OCH3 is 1. The third-order valence-corrected chi connectivity index (χ3v) is 3.51. The second kappa shape index (κ2) is 5.06. The van der Waals surface area contributed by atoms with Gasteiger partial charge in [-0.2, -0.15) is 17.7 Å². The van der Waals surface area contributed by atoms with Crippen molar-refractivity contribution in [3.63, 3.8) is 0 Å². The fourth-order valence-electron chi connectivity index (χ4n) is 2.01. The maximum absolute atomic E-state index is 5.47. The quantitative estimate of drug-likeness (QED) is 0.860. The lowest BCUT2D eigenvalue weighted by Gasteiger charge is -2.11. The van der Waals surface area contributed by atoms with Gasteiger partial charge < -0.3 is 4.74 Å². The molecule has 1 aromatic heterocycles. The van der Waals surface area contributed by atoms with Crippen LogP contribution in [0.3, 0.4) is 0 Å². The largest absolute Gasteiger partial charge is 0.496 e. The number of aryl methyl sites for hydroxylation is 3. The summed E-state index contributed by atoms with van der Waals surface area (Å²) < 4.78 is 7.35. The lowest BCUT2D eigenvalue weighted by molar-refractivity contribution is 0.415. The Hall–Kier alpha value is -1.42. The van der Waals surface area contributed by atoms with Crippen LogP contribution in [0.4, 0.5) is 0 Å². The van der Waals surface area contributed by atoms with E-state index in [-0.39, 0.29) is 0 Å². The number of thiol groups is 1. The molecular weight excluding hydrogens is 244 g/mol. The van der Waals surface area contributed by atoms with Gasteiger partial charge in [0, 0.05) is 18.4 Å². The first-order valence-corrected chi connectivity index (χ1v) is 6.49. The summed E-state index contributed by atoms with van der Waals surface area (Å²) in [7, 11) is 3.64. The predicted octanol–water partition coefficient (Wildman–Crippen LogP) is 3.14. The second-order valence-electron chi connectivity index (χ2n) is 4.44. The number of hydrogen-bond donors (Lipinski definition) is 1. The molecule has 0 aliphatic carbocycles. The average Bonchev–Trinajstić information content (AvgIpc) is 2.73. The van der Waals surface area contributed by atoms with E-state index in [1.54, 1.807) is 7.11 Å². The molecule has 0 aliphatic rings. The van der Waals surface area contributed by atoms with E-state index in [9.17, 15) is 0 Å². The molecule has 0 atom stereocenters. The molecule has 0 N–H and O–H groups in total. The van der Waals surface area contributed by atoms with Crippen LogP contribution in [0.15, 0.2) is 18.2 Å². The van der Waals surface area contributed by atoms with E-state index in [0.29, 0.717) is 5.75 Å². The Morgan fingerprint density at radius 1 is 1.22 bits per heavy atom. The molecule has 2 aromatic rings. The molecule has 1 aromatic carbocycles. The standard InChI is InChI=1S/C14H18N2OS/c1-9-5-12(14(17-4)6-10(9)2)13-7-11(8-18)15-16(13)3/h5-7,18H,8H2,1-4H3. The summed E-state index contributed by atoms with van der Waals surface area (Å²) in [5, 5.41) is 4.42. The van der Waals surface area contributed by atoms with Crippen molar-refractivity contribution in [1.29, 1.82) is 0 Å². The minimum atomic E-state index is 0.640. The summed E-state index contributed by atoms with van der Waals surface area (Å²) in [6.45, 7) is 4.19. The summed E-state index contributed by atoms with van der Waals surface area (Å²) in [5.41, 5.74) is 5.57. The molecule has 0 bridgehead atoms. The number of benzene rings is 1. The van der Waals surface area contributed by atoms with Gasteiger partial charge in [0.2, 0.25) is 0 Å². The second-order valence-corrected chi connectivity index (χ2v) is 4.76. The van der Waals surface area contributed by atoms with E-state index >= 15 is 0 Å². The Morgan fingerprint density at radius 2 is 1.89 bits per heavy atom. The van der Waals surface area contributed by atoms with Crippen LogP contribution < -0.4 is 4.74 Å². The molecule has 0 amide bonds. The molecule has 2 rings (SSSR count). The van der Waals surface area contributed by atoms with Crippen molar-refractivity contribution in [3.05, 3.63) is 35.0 Å². The maximum Gasteiger partial charge on any atom is 0.128 e. The molecule has 4 heteroatoms. The summed E-state index contributed by atoms with van der Waals surface area (Å²) in [4.78, 5) is 0. The first kappa shape index (κ1) is 13.0. The van der Waals surface area contributed by atoms with E-state index in [1.165, 1.54) is 11.1 Å². The van der Waals surface area contributed by atoms with Crippen molar-refractivity contribution in [2.45, 2.75) is 19.6 Å². The number of ether oxygens (including phenoxy) is 1. The highest BCUT2D eigenvalue weighted by Crippen LogP contribution is 2.32. The minimum absolute atomic E-state index is 0.640. The van der Waals surface area contributed by atoms with Crippen molar-refractivity contribution >= 4 is 12.6 Å². The molecular formula is C14H18N2OS.